The van der Waals surface area contributed by atoms with Crippen molar-refractivity contribution < 1.29 is 8.78 Å². The molecular formula is C12H13F2N. The lowest BCUT2D eigenvalue weighted by molar-refractivity contribution is 0.405. The molecule has 3 heteroatoms. The number of allylic oxidation sites excluding steroid dienone is 2. The topological polar surface area (TPSA) is 12.9 Å². The van der Waals surface area contributed by atoms with E-state index in [-0.39, 0.29) is 11.6 Å². The van der Waals surface area contributed by atoms with Gasteiger partial charge < -0.3 is 0 Å². The van der Waals surface area contributed by atoms with Gasteiger partial charge in [-0.1, -0.05) is 6.08 Å². The first kappa shape index (κ1) is 10.3. The van der Waals surface area contributed by atoms with Crippen LogP contribution in [0.1, 0.15) is 24.8 Å². The quantitative estimate of drug-likeness (QED) is 0.727. The molecule has 1 aliphatic carbocycles. The third-order valence-corrected chi connectivity index (χ3v) is 2.71. The molecule has 0 amide bonds. The Morgan fingerprint density at radius 1 is 1.33 bits per heavy atom. The molecule has 0 spiro atoms. The summed E-state index contributed by atoms with van der Waals surface area (Å²) in [5.41, 5.74) is 0.856. The van der Waals surface area contributed by atoms with E-state index in [2.05, 4.69) is 4.98 Å². The Morgan fingerprint density at radius 3 is 2.93 bits per heavy atom. The molecule has 0 saturated heterocycles. The fourth-order valence-corrected chi connectivity index (χ4v) is 2.01. The number of hydrogen-bond donors (Lipinski definition) is 0. The maximum absolute atomic E-state index is 13.0. The molecule has 1 aromatic heterocycles. The van der Waals surface area contributed by atoms with E-state index in [1.165, 1.54) is 12.3 Å². The molecule has 80 valence electrons. The van der Waals surface area contributed by atoms with E-state index >= 15 is 0 Å². The third-order valence-electron chi connectivity index (χ3n) is 2.71. The molecule has 1 atom stereocenters. The molecule has 1 aliphatic rings. The zero-order chi connectivity index (χ0) is 10.7. The zero-order valence-electron chi connectivity index (χ0n) is 8.42. The lowest BCUT2D eigenvalue weighted by atomic mass is 9.88. The first-order chi connectivity index (χ1) is 7.24. The highest BCUT2D eigenvalue weighted by Gasteiger charge is 2.16. The van der Waals surface area contributed by atoms with Crippen LogP contribution in [-0.2, 0) is 6.42 Å². The van der Waals surface area contributed by atoms with Gasteiger partial charge in [0.1, 0.15) is 5.82 Å². The van der Waals surface area contributed by atoms with E-state index in [1.807, 2.05) is 0 Å². The minimum atomic E-state index is -0.320. The fourth-order valence-electron chi connectivity index (χ4n) is 2.01. The summed E-state index contributed by atoms with van der Waals surface area (Å²) in [5.74, 6) is -0.0615. The van der Waals surface area contributed by atoms with E-state index in [0.29, 0.717) is 18.8 Å². The molecule has 15 heavy (non-hydrogen) atoms. The standard InChI is InChI=1S/C12H13F2N/c13-11-3-1-2-9(5-11)4-10-6-12(14)8-15-7-10/h3,6-9H,1-2,4-5H2. The molecule has 0 aliphatic heterocycles. The van der Waals surface area contributed by atoms with Crippen molar-refractivity contribution in [2.24, 2.45) is 5.92 Å². The van der Waals surface area contributed by atoms with Gasteiger partial charge in [0.15, 0.2) is 0 Å². The van der Waals surface area contributed by atoms with E-state index in [9.17, 15) is 8.78 Å². The first-order valence-electron chi connectivity index (χ1n) is 5.18. The van der Waals surface area contributed by atoms with Crippen molar-refractivity contribution in [3.05, 3.63) is 41.7 Å². The first-order valence-corrected chi connectivity index (χ1v) is 5.18. The van der Waals surface area contributed by atoms with E-state index in [0.717, 1.165) is 18.4 Å². The summed E-state index contributed by atoms with van der Waals surface area (Å²) in [6, 6.07) is 1.48. The molecule has 1 unspecified atom stereocenters. The average molecular weight is 209 g/mol. The maximum Gasteiger partial charge on any atom is 0.141 e. The molecule has 1 aromatic rings. The summed E-state index contributed by atoms with van der Waals surface area (Å²) in [5, 5.41) is 0. The monoisotopic (exact) mass is 209 g/mol. The summed E-state index contributed by atoms with van der Waals surface area (Å²) >= 11 is 0. The Morgan fingerprint density at radius 2 is 2.20 bits per heavy atom. The van der Waals surface area contributed by atoms with Gasteiger partial charge in [-0.25, -0.2) is 8.78 Å². The number of pyridine rings is 1. The highest BCUT2D eigenvalue weighted by molar-refractivity contribution is 5.12. The predicted octanol–water partition coefficient (Wildman–Crippen LogP) is 3.42. The smallest absolute Gasteiger partial charge is 0.141 e. The van der Waals surface area contributed by atoms with Crippen LogP contribution in [0.15, 0.2) is 30.4 Å². The van der Waals surface area contributed by atoms with Gasteiger partial charge in [-0.2, -0.15) is 0 Å². The summed E-state index contributed by atoms with van der Waals surface area (Å²) < 4.78 is 25.8. The molecule has 1 nitrogen and oxygen atoms in total. The van der Waals surface area contributed by atoms with Crippen LogP contribution in [-0.4, -0.2) is 4.98 Å². The lowest BCUT2D eigenvalue weighted by Crippen LogP contribution is -2.08. The van der Waals surface area contributed by atoms with Crippen LogP contribution in [0.25, 0.3) is 0 Å². The zero-order valence-corrected chi connectivity index (χ0v) is 8.42. The molecule has 0 N–H and O–H groups in total. The van der Waals surface area contributed by atoms with Crippen molar-refractivity contribution in [3.8, 4) is 0 Å². The van der Waals surface area contributed by atoms with Crippen LogP contribution in [0.5, 0.6) is 0 Å². The maximum atomic E-state index is 13.0. The summed E-state index contributed by atoms with van der Waals surface area (Å²) in [6.07, 6.45) is 7.44. The van der Waals surface area contributed by atoms with E-state index in [1.54, 1.807) is 12.3 Å². The predicted molar refractivity (Wildman–Crippen MR) is 54.4 cm³/mol. The normalized spacial score (nSPS) is 21.2. The van der Waals surface area contributed by atoms with Crippen molar-refractivity contribution in [2.45, 2.75) is 25.7 Å². The van der Waals surface area contributed by atoms with Gasteiger partial charge in [0.25, 0.3) is 0 Å². The molecule has 0 fully saturated rings. The van der Waals surface area contributed by atoms with Crippen LogP contribution in [0.2, 0.25) is 0 Å². The highest BCUT2D eigenvalue weighted by Crippen LogP contribution is 2.27. The van der Waals surface area contributed by atoms with Crippen molar-refractivity contribution in [3.63, 3.8) is 0 Å². The van der Waals surface area contributed by atoms with Gasteiger partial charge in [-0.05, 0) is 36.8 Å². The number of rotatable bonds is 2. The highest BCUT2D eigenvalue weighted by atomic mass is 19.1. The van der Waals surface area contributed by atoms with E-state index in [4.69, 9.17) is 0 Å². The summed E-state index contributed by atoms with van der Waals surface area (Å²) in [6.45, 7) is 0. The van der Waals surface area contributed by atoms with Crippen molar-refractivity contribution in [2.75, 3.05) is 0 Å². The minimum absolute atomic E-state index is 0.0318. The Balaban J connectivity index is 2.00. The van der Waals surface area contributed by atoms with Gasteiger partial charge in [0.2, 0.25) is 0 Å². The van der Waals surface area contributed by atoms with Gasteiger partial charge in [0, 0.05) is 12.6 Å². The second kappa shape index (κ2) is 4.51. The number of halogens is 2. The Hall–Kier alpha value is -1.25. The Kier molecular flexibility index (Phi) is 3.09. The van der Waals surface area contributed by atoms with Gasteiger partial charge in [-0.3, -0.25) is 4.98 Å². The molecule has 2 rings (SSSR count). The van der Waals surface area contributed by atoms with Gasteiger partial charge in [-0.15, -0.1) is 0 Å². The molecule has 0 bridgehead atoms. The van der Waals surface area contributed by atoms with Crippen LogP contribution in [0.3, 0.4) is 0 Å². The fraction of sp³-hybridized carbons (Fsp3) is 0.417. The summed E-state index contributed by atoms with van der Waals surface area (Å²) in [7, 11) is 0. The molecular weight excluding hydrogens is 196 g/mol. The minimum Gasteiger partial charge on any atom is -0.261 e. The number of aromatic nitrogens is 1. The molecule has 0 saturated carbocycles. The van der Waals surface area contributed by atoms with Crippen molar-refractivity contribution >= 4 is 0 Å². The number of hydrogen-bond acceptors (Lipinski definition) is 1. The molecule has 1 heterocycles. The number of nitrogens with zero attached hydrogens (tertiary/aromatic N) is 1. The largest absolute Gasteiger partial charge is 0.261 e. The molecule has 0 aromatic carbocycles. The second-order valence-corrected chi connectivity index (χ2v) is 4.01. The lowest BCUT2D eigenvalue weighted by Gasteiger charge is -2.18. The van der Waals surface area contributed by atoms with E-state index < -0.39 is 0 Å². The Bertz CT molecular complexity index is 374. The SMILES string of the molecule is FC1=CCCC(Cc2cncc(F)c2)C1. The van der Waals surface area contributed by atoms with Crippen molar-refractivity contribution in [1.82, 2.24) is 4.98 Å². The van der Waals surface area contributed by atoms with Crippen LogP contribution < -0.4 is 0 Å². The van der Waals surface area contributed by atoms with Crippen LogP contribution in [0.4, 0.5) is 8.78 Å². The van der Waals surface area contributed by atoms with Crippen LogP contribution in [0, 0.1) is 11.7 Å². The second-order valence-electron chi connectivity index (χ2n) is 4.01. The summed E-state index contributed by atoms with van der Waals surface area (Å²) in [4.78, 5) is 3.79. The van der Waals surface area contributed by atoms with Crippen molar-refractivity contribution in [1.29, 1.82) is 0 Å². The van der Waals surface area contributed by atoms with Crippen LogP contribution >= 0.6 is 0 Å². The Labute approximate surface area is 87.8 Å². The third kappa shape index (κ3) is 2.85. The van der Waals surface area contributed by atoms with Gasteiger partial charge >= 0.3 is 0 Å². The average Bonchev–Trinajstić information content (AvgIpc) is 2.17. The van der Waals surface area contributed by atoms with Gasteiger partial charge in [0.05, 0.1) is 12.0 Å². The molecule has 0 radical (unpaired) electrons.